The summed E-state index contributed by atoms with van der Waals surface area (Å²) in [6, 6.07) is 13.9. The van der Waals surface area contributed by atoms with E-state index in [0.717, 1.165) is 36.2 Å². The highest BCUT2D eigenvalue weighted by Crippen LogP contribution is 2.27. The summed E-state index contributed by atoms with van der Waals surface area (Å²) in [5.74, 6) is 3.33. The molecule has 2 aromatic heterocycles. The van der Waals surface area contributed by atoms with Gasteiger partial charge in [-0.15, -0.1) is 22.9 Å². The first-order valence-corrected chi connectivity index (χ1v) is 10.5. The van der Waals surface area contributed by atoms with E-state index in [0.29, 0.717) is 5.82 Å². The van der Waals surface area contributed by atoms with Crippen LogP contribution in [0, 0.1) is 12.3 Å². The standard InChI is InChI=1S/C22H22N4OS/c1-2-15-25(17-10-5-3-6-11-17)22(27)20-23-21(19-14-9-16-28-19)26(24-20)18-12-7-4-8-13-18/h1,4,7-9,12-14,16-17H,3,5-6,10-11,15H2. The second kappa shape index (κ2) is 8.41. The molecule has 3 aromatic rings. The van der Waals surface area contributed by atoms with Crippen LogP contribution in [0.3, 0.4) is 0 Å². The van der Waals surface area contributed by atoms with Crippen molar-refractivity contribution in [1.29, 1.82) is 0 Å². The maximum absolute atomic E-state index is 13.3. The molecule has 0 N–H and O–H groups in total. The monoisotopic (exact) mass is 390 g/mol. The van der Waals surface area contributed by atoms with E-state index in [1.807, 2.05) is 47.8 Å². The molecule has 0 spiro atoms. The van der Waals surface area contributed by atoms with E-state index in [-0.39, 0.29) is 24.3 Å². The number of amides is 1. The van der Waals surface area contributed by atoms with E-state index < -0.39 is 0 Å². The zero-order valence-electron chi connectivity index (χ0n) is 15.6. The largest absolute Gasteiger partial charge is 0.322 e. The summed E-state index contributed by atoms with van der Waals surface area (Å²) < 4.78 is 1.74. The highest BCUT2D eigenvalue weighted by Gasteiger charge is 2.29. The predicted octanol–water partition coefficient (Wildman–Crippen LogP) is 4.40. The number of carbonyl (C=O) groups is 1. The van der Waals surface area contributed by atoms with Crippen molar-refractivity contribution in [3.05, 3.63) is 53.7 Å². The van der Waals surface area contributed by atoms with Gasteiger partial charge >= 0.3 is 0 Å². The third kappa shape index (κ3) is 3.71. The Bertz CT molecular complexity index is 966. The predicted molar refractivity (Wildman–Crippen MR) is 111 cm³/mol. The van der Waals surface area contributed by atoms with Gasteiger partial charge in [-0.05, 0) is 36.4 Å². The lowest BCUT2D eigenvalue weighted by atomic mass is 9.94. The minimum atomic E-state index is -0.183. The molecule has 0 bridgehead atoms. The van der Waals surface area contributed by atoms with Crippen LogP contribution < -0.4 is 0 Å². The van der Waals surface area contributed by atoms with Crippen LogP contribution in [0.2, 0.25) is 0 Å². The number of aromatic nitrogens is 3. The maximum Gasteiger partial charge on any atom is 0.294 e. The van der Waals surface area contributed by atoms with Gasteiger partial charge in [0.1, 0.15) is 0 Å². The second-order valence-electron chi connectivity index (χ2n) is 6.91. The van der Waals surface area contributed by atoms with Gasteiger partial charge in [-0.2, -0.15) is 0 Å². The molecule has 142 valence electrons. The Morgan fingerprint density at radius 3 is 2.64 bits per heavy atom. The van der Waals surface area contributed by atoms with Gasteiger partial charge in [0.25, 0.3) is 5.91 Å². The summed E-state index contributed by atoms with van der Waals surface area (Å²) in [5, 5.41) is 6.58. The van der Waals surface area contributed by atoms with E-state index in [1.165, 1.54) is 6.42 Å². The van der Waals surface area contributed by atoms with Crippen molar-refractivity contribution in [2.75, 3.05) is 6.54 Å². The van der Waals surface area contributed by atoms with Crippen molar-refractivity contribution in [1.82, 2.24) is 19.7 Å². The fraction of sp³-hybridized carbons (Fsp3) is 0.318. The van der Waals surface area contributed by atoms with Crippen LogP contribution in [-0.2, 0) is 0 Å². The molecule has 0 unspecified atom stereocenters. The smallest absolute Gasteiger partial charge is 0.294 e. The normalized spacial score (nSPS) is 14.5. The molecule has 0 radical (unpaired) electrons. The lowest BCUT2D eigenvalue weighted by molar-refractivity contribution is 0.0655. The SMILES string of the molecule is C#CCN(C(=O)c1nc(-c2cccs2)n(-c2ccccc2)n1)C1CCCCC1. The molecule has 4 rings (SSSR count). The molecule has 2 heterocycles. The number of thiophene rings is 1. The molecular weight excluding hydrogens is 368 g/mol. The van der Waals surface area contributed by atoms with Gasteiger partial charge < -0.3 is 4.90 Å². The van der Waals surface area contributed by atoms with Crippen molar-refractivity contribution < 1.29 is 4.79 Å². The van der Waals surface area contributed by atoms with Gasteiger partial charge in [0, 0.05) is 6.04 Å². The van der Waals surface area contributed by atoms with Gasteiger partial charge in [-0.1, -0.05) is 49.4 Å². The van der Waals surface area contributed by atoms with Crippen molar-refractivity contribution in [2.24, 2.45) is 0 Å². The molecule has 1 fully saturated rings. The molecule has 0 aliphatic heterocycles. The number of hydrogen-bond acceptors (Lipinski definition) is 4. The summed E-state index contributed by atoms with van der Waals surface area (Å²) in [4.78, 5) is 20.7. The number of hydrogen-bond donors (Lipinski definition) is 0. The molecule has 1 saturated carbocycles. The summed E-state index contributed by atoms with van der Waals surface area (Å²) in [6.45, 7) is 0.289. The van der Waals surface area contributed by atoms with Crippen molar-refractivity contribution >= 4 is 17.2 Å². The number of benzene rings is 1. The van der Waals surface area contributed by atoms with Crippen LogP contribution >= 0.6 is 11.3 Å². The average Bonchev–Trinajstić information content (AvgIpc) is 3.42. The summed E-state index contributed by atoms with van der Waals surface area (Å²) >= 11 is 1.58. The molecule has 5 nitrogen and oxygen atoms in total. The van der Waals surface area contributed by atoms with Gasteiger partial charge in [0.15, 0.2) is 5.82 Å². The number of carbonyl (C=O) groups excluding carboxylic acids is 1. The third-order valence-electron chi connectivity index (χ3n) is 5.08. The Morgan fingerprint density at radius 1 is 1.18 bits per heavy atom. The van der Waals surface area contributed by atoms with Gasteiger partial charge in [0.2, 0.25) is 5.82 Å². The number of terminal acetylenes is 1. The van der Waals surface area contributed by atoms with E-state index in [1.54, 1.807) is 20.9 Å². The lowest BCUT2D eigenvalue weighted by Gasteiger charge is -2.32. The fourth-order valence-electron chi connectivity index (χ4n) is 3.70. The average molecular weight is 391 g/mol. The Kier molecular flexibility index (Phi) is 5.54. The minimum Gasteiger partial charge on any atom is -0.322 e. The second-order valence-corrected chi connectivity index (χ2v) is 7.86. The third-order valence-corrected chi connectivity index (χ3v) is 5.94. The summed E-state index contributed by atoms with van der Waals surface area (Å²) in [7, 11) is 0. The Hall–Kier alpha value is -2.91. The molecule has 1 aliphatic carbocycles. The Morgan fingerprint density at radius 2 is 1.96 bits per heavy atom. The van der Waals surface area contributed by atoms with Crippen LogP contribution in [-0.4, -0.2) is 38.2 Å². The first-order valence-electron chi connectivity index (χ1n) is 9.58. The lowest BCUT2D eigenvalue weighted by Crippen LogP contribution is -2.42. The topological polar surface area (TPSA) is 51.0 Å². The highest BCUT2D eigenvalue weighted by molar-refractivity contribution is 7.13. The number of rotatable bonds is 5. The van der Waals surface area contributed by atoms with Crippen LogP contribution in [0.5, 0.6) is 0 Å². The van der Waals surface area contributed by atoms with Gasteiger partial charge in [-0.25, -0.2) is 9.67 Å². The van der Waals surface area contributed by atoms with Crippen molar-refractivity contribution in [2.45, 2.75) is 38.1 Å². The molecule has 0 saturated heterocycles. The minimum absolute atomic E-state index is 0.172. The maximum atomic E-state index is 13.3. The van der Waals surface area contributed by atoms with Crippen molar-refractivity contribution in [3.63, 3.8) is 0 Å². The zero-order chi connectivity index (χ0) is 19.3. The first-order chi connectivity index (χ1) is 13.8. The van der Waals surface area contributed by atoms with Crippen LogP contribution in [0.15, 0.2) is 47.8 Å². The molecular formula is C22H22N4OS. The highest BCUT2D eigenvalue weighted by atomic mass is 32.1. The van der Waals surface area contributed by atoms with E-state index in [4.69, 9.17) is 6.42 Å². The number of nitrogens with zero attached hydrogens (tertiary/aromatic N) is 4. The first kappa shape index (κ1) is 18.5. The van der Waals surface area contributed by atoms with Gasteiger partial charge in [-0.3, -0.25) is 4.79 Å². The summed E-state index contributed by atoms with van der Waals surface area (Å²) in [6.07, 6.45) is 11.0. The van der Waals surface area contributed by atoms with Crippen LogP contribution in [0.25, 0.3) is 16.4 Å². The molecule has 1 amide bonds. The van der Waals surface area contributed by atoms with E-state index >= 15 is 0 Å². The molecule has 1 aromatic carbocycles. The molecule has 0 atom stereocenters. The molecule has 1 aliphatic rings. The Balaban J connectivity index is 1.73. The van der Waals surface area contributed by atoms with E-state index in [2.05, 4.69) is 16.0 Å². The van der Waals surface area contributed by atoms with E-state index in [9.17, 15) is 4.79 Å². The molecule has 6 heteroatoms. The Labute approximate surface area is 169 Å². The van der Waals surface area contributed by atoms with Gasteiger partial charge in [0.05, 0.1) is 17.1 Å². The molecule has 28 heavy (non-hydrogen) atoms. The van der Waals surface area contributed by atoms with Crippen LogP contribution in [0.1, 0.15) is 42.7 Å². The zero-order valence-corrected chi connectivity index (χ0v) is 16.4. The van der Waals surface area contributed by atoms with Crippen molar-refractivity contribution in [3.8, 4) is 28.7 Å². The fourth-order valence-corrected chi connectivity index (χ4v) is 4.40. The number of para-hydroxylation sites is 1. The van der Waals surface area contributed by atoms with Crippen LogP contribution in [0.4, 0.5) is 0 Å². The summed E-state index contributed by atoms with van der Waals surface area (Å²) in [5.41, 5.74) is 0.874. The quantitative estimate of drug-likeness (QED) is 0.607.